The lowest BCUT2D eigenvalue weighted by Crippen LogP contribution is -2.15. The Morgan fingerprint density at radius 1 is 1.29 bits per heavy atom. The van der Waals surface area contributed by atoms with E-state index in [1.807, 2.05) is 0 Å². The van der Waals surface area contributed by atoms with Gasteiger partial charge in [0.2, 0.25) is 0 Å². The van der Waals surface area contributed by atoms with Gasteiger partial charge in [-0.15, -0.1) is 0 Å². The summed E-state index contributed by atoms with van der Waals surface area (Å²) in [7, 11) is 0. The van der Waals surface area contributed by atoms with Crippen LogP contribution in [-0.2, 0) is 13.1 Å². The minimum atomic E-state index is -0.853. The van der Waals surface area contributed by atoms with E-state index >= 15 is 0 Å². The number of aromatic nitrogens is 1. The Balaban J connectivity index is 1.94. The molecule has 0 atom stereocenters. The van der Waals surface area contributed by atoms with Crippen molar-refractivity contribution in [1.29, 1.82) is 0 Å². The zero-order chi connectivity index (χ0) is 12.3. The second-order valence-electron chi connectivity index (χ2n) is 3.49. The number of benzene rings is 1. The second kappa shape index (κ2) is 5.20. The van der Waals surface area contributed by atoms with Crippen molar-refractivity contribution in [2.45, 2.75) is 13.1 Å². The molecular formula is C11H10F2N2OS. The molecule has 2 N–H and O–H groups in total. The third-order valence-electron chi connectivity index (χ3n) is 2.23. The minimum Gasteiger partial charge on any atom is -0.315 e. The number of H-pyrrole nitrogens is 1. The summed E-state index contributed by atoms with van der Waals surface area (Å²) in [6.45, 7) is 0.621. The highest BCUT2D eigenvalue weighted by Gasteiger charge is 2.06. The standard InChI is InChI=1S/C11H10F2N2OS/c12-9-3-1-2-7(10(9)13)4-14-5-8-6-17-11(16)15-8/h1-3,6,14H,4-5H2,(H,15,16). The van der Waals surface area contributed by atoms with Gasteiger partial charge in [0.05, 0.1) is 0 Å². The SMILES string of the molecule is O=c1[nH]c(CNCc2cccc(F)c2F)cs1. The molecule has 2 rings (SSSR count). The molecule has 0 radical (unpaired) electrons. The Hall–Kier alpha value is -1.53. The van der Waals surface area contributed by atoms with E-state index in [-0.39, 0.29) is 17.0 Å². The Morgan fingerprint density at radius 2 is 2.12 bits per heavy atom. The fraction of sp³-hybridized carbons (Fsp3) is 0.182. The van der Waals surface area contributed by atoms with Gasteiger partial charge in [0.15, 0.2) is 11.6 Å². The van der Waals surface area contributed by atoms with Gasteiger partial charge in [-0.05, 0) is 6.07 Å². The molecule has 0 aliphatic carbocycles. The Kier molecular flexibility index (Phi) is 3.65. The van der Waals surface area contributed by atoms with Crippen LogP contribution in [0.1, 0.15) is 11.3 Å². The van der Waals surface area contributed by atoms with E-state index < -0.39 is 11.6 Å². The number of hydrogen-bond acceptors (Lipinski definition) is 3. The molecule has 0 unspecified atom stereocenters. The molecule has 1 heterocycles. The molecular weight excluding hydrogens is 246 g/mol. The fourth-order valence-electron chi connectivity index (χ4n) is 1.42. The highest BCUT2D eigenvalue weighted by Crippen LogP contribution is 2.11. The summed E-state index contributed by atoms with van der Waals surface area (Å²) in [5.41, 5.74) is 0.999. The van der Waals surface area contributed by atoms with Crippen LogP contribution in [0.4, 0.5) is 8.78 Å². The van der Waals surface area contributed by atoms with Crippen molar-refractivity contribution in [3.63, 3.8) is 0 Å². The molecule has 2 aromatic rings. The number of hydrogen-bond donors (Lipinski definition) is 2. The molecule has 1 aromatic carbocycles. The molecule has 90 valence electrons. The molecule has 1 aromatic heterocycles. The number of rotatable bonds is 4. The monoisotopic (exact) mass is 256 g/mol. The third kappa shape index (κ3) is 2.98. The molecule has 3 nitrogen and oxygen atoms in total. The van der Waals surface area contributed by atoms with Crippen molar-refractivity contribution in [3.8, 4) is 0 Å². The molecule has 17 heavy (non-hydrogen) atoms. The first kappa shape index (κ1) is 11.9. The van der Waals surface area contributed by atoms with Gasteiger partial charge in [-0.3, -0.25) is 4.79 Å². The van der Waals surface area contributed by atoms with E-state index in [0.29, 0.717) is 6.54 Å². The summed E-state index contributed by atoms with van der Waals surface area (Å²) in [5.74, 6) is -1.69. The maximum Gasteiger partial charge on any atom is 0.304 e. The van der Waals surface area contributed by atoms with Gasteiger partial charge in [-0.1, -0.05) is 23.5 Å². The van der Waals surface area contributed by atoms with Crippen LogP contribution in [0.25, 0.3) is 0 Å². The van der Waals surface area contributed by atoms with Gasteiger partial charge in [-0.2, -0.15) is 0 Å². The second-order valence-corrected chi connectivity index (χ2v) is 4.33. The smallest absolute Gasteiger partial charge is 0.304 e. The van der Waals surface area contributed by atoms with Gasteiger partial charge >= 0.3 is 4.87 Å². The quantitative estimate of drug-likeness (QED) is 0.879. The van der Waals surface area contributed by atoms with Crippen molar-refractivity contribution in [1.82, 2.24) is 10.3 Å². The first-order chi connectivity index (χ1) is 8.16. The average Bonchev–Trinajstić information content (AvgIpc) is 2.70. The van der Waals surface area contributed by atoms with Crippen LogP contribution < -0.4 is 10.2 Å². The lowest BCUT2D eigenvalue weighted by atomic mass is 10.2. The Morgan fingerprint density at radius 3 is 2.82 bits per heavy atom. The highest BCUT2D eigenvalue weighted by molar-refractivity contribution is 7.07. The van der Waals surface area contributed by atoms with Gasteiger partial charge < -0.3 is 10.3 Å². The topological polar surface area (TPSA) is 44.9 Å². The molecule has 0 aliphatic rings. The van der Waals surface area contributed by atoms with Crippen molar-refractivity contribution in [2.75, 3.05) is 0 Å². The van der Waals surface area contributed by atoms with E-state index in [4.69, 9.17) is 0 Å². The van der Waals surface area contributed by atoms with Crippen LogP contribution in [0.5, 0.6) is 0 Å². The first-order valence-electron chi connectivity index (χ1n) is 4.97. The molecule has 0 spiro atoms. The highest BCUT2D eigenvalue weighted by atomic mass is 32.1. The fourth-order valence-corrected chi connectivity index (χ4v) is 2.00. The van der Waals surface area contributed by atoms with Crippen molar-refractivity contribution in [2.24, 2.45) is 0 Å². The Bertz CT molecular complexity index is 565. The summed E-state index contributed by atoms with van der Waals surface area (Å²) in [6, 6.07) is 4.05. The molecule has 0 amide bonds. The maximum absolute atomic E-state index is 13.3. The molecule has 0 bridgehead atoms. The van der Waals surface area contributed by atoms with Crippen molar-refractivity contribution in [3.05, 3.63) is 56.1 Å². The molecule has 0 fully saturated rings. The van der Waals surface area contributed by atoms with E-state index in [2.05, 4.69) is 10.3 Å². The van der Waals surface area contributed by atoms with Crippen LogP contribution in [0.2, 0.25) is 0 Å². The van der Waals surface area contributed by atoms with Crippen molar-refractivity contribution < 1.29 is 8.78 Å². The van der Waals surface area contributed by atoms with Gasteiger partial charge in [-0.25, -0.2) is 8.78 Å². The zero-order valence-corrected chi connectivity index (χ0v) is 9.61. The van der Waals surface area contributed by atoms with Gasteiger partial charge in [0, 0.05) is 29.7 Å². The lowest BCUT2D eigenvalue weighted by Gasteiger charge is -2.05. The predicted octanol–water partition coefficient (Wildman–Crippen LogP) is 2.00. The van der Waals surface area contributed by atoms with Crippen LogP contribution in [0.3, 0.4) is 0 Å². The lowest BCUT2D eigenvalue weighted by molar-refractivity contribution is 0.492. The van der Waals surface area contributed by atoms with Crippen LogP contribution in [0, 0.1) is 11.6 Å². The van der Waals surface area contributed by atoms with Crippen molar-refractivity contribution >= 4 is 11.3 Å². The van der Waals surface area contributed by atoms with E-state index in [1.165, 1.54) is 12.1 Å². The summed E-state index contributed by atoms with van der Waals surface area (Å²) in [4.78, 5) is 13.3. The van der Waals surface area contributed by atoms with Crippen LogP contribution in [-0.4, -0.2) is 4.98 Å². The van der Waals surface area contributed by atoms with E-state index in [0.717, 1.165) is 23.1 Å². The van der Waals surface area contributed by atoms with Gasteiger partial charge in [0.1, 0.15) is 0 Å². The van der Waals surface area contributed by atoms with Crippen LogP contribution >= 0.6 is 11.3 Å². The third-order valence-corrected chi connectivity index (χ3v) is 2.95. The summed E-state index contributed by atoms with van der Waals surface area (Å²) in [5, 5.41) is 4.62. The molecule has 0 aliphatic heterocycles. The Labute approximate surface area is 100 Å². The van der Waals surface area contributed by atoms with E-state index in [1.54, 1.807) is 5.38 Å². The number of nitrogens with one attached hydrogen (secondary N) is 2. The van der Waals surface area contributed by atoms with Crippen LogP contribution in [0.15, 0.2) is 28.4 Å². The minimum absolute atomic E-state index is 0.126. The maximum atomic E-state index is 13.3. The molecule has 0 saturated heterocycles. The summed E-state index contributed by atoms with van der Waals surface area (Å²) >= 11 is 1.07. The first-order valence-corrected chi connectivity index (χ1v) is 5.85. The number of halogens is 2. The number of aromatic amines is 1. The molecule has 0 saturated carbocycles. The summed E-state index contributed by atoms with van der Waals surface area (Å²) in [6.07, 6.45) is 0. The zero-order valence-electron chi connectivity index (χ0n) is 8.80. The average molecular weight is 256 g/mol. The normalized spacial score (nSPS) is 10.7. The number of thiazole rings is 1. The largest absolute Gasteiger partial charge is 0.315 e. The summed E-state index contributed by atoms with van der Waals surface area (Å²) < 4.78 is 26.1. The molecule has 6 heteroatoms. The predicted molar refractivity (Wildman–Crippen MR) is 61.8 cm³/mol. The van der Waals surface area contributed by atoms with Gasteiger partial charge in [0.25, 0.3) is 0 Å². The van der Waals surface area contributed by atoms with E-state index in [9.17, 15) is 13.6 Å².